The lowest BCUT2D eigenvalue weighted by Crippen LogP contribution is -1.98. The molecule has 2 nitrogen and oxygen atoms in total. The number of hydrogen-bond donors (Lipinski definition) is 1. The molecule has 0 heterocycles. The molecule has 0 spiro atoms. The van der Waals surface area contributed by atoms with E-state index in [1.54, 1.807) is 6.07 Å². The standard InChI is InChI=1S/C20H16BrFO2/c21-20-16(13-24-18-8-1-4-14(10-18)12-23)6-3-9-19(20)15-5-2-7-17(22)11-15/h1-11,23H,12-13H2. The maximum absolute atomic E-state index is 13.5. The van der Waals surface area contributed by atoms with Crippen molar-refractivity contribution in [2.24, 2.45) is 0 Å². The van der Waals surface area contributed by atoms with E-state index >= 15 is 0 Å². The Balaban J connectivity index is 1.83. The Morgan fingerprint density at radius 3 is 2.54 bits per heavy atom. The van der Waals surface area contributed by atoms with Gasteiger partial charge in [0.15, 0.2) is 0 Å². The van der Waals surface area contributed by atoms with Gasteiger partial charge in [0.05, 0.1) is 6.61 Å². The molecule has 3 aromatic rings. The van der Waals surface area contributed by atoms with Crippen molar-refractivity contribution in [1.29, 1.82) is 0 Å². The summed E-state index contributed by atoms with van der Waals surface area (Å²) >= 11 is 3.60. The van der Waals surface area contributed by atoms with E-state index in [0.717, 1.165) is 26.7 Å². The first-order chi connectivity index (χ1) is 11.7. The van der Waals surface area contributed by atoms with Crippen molar-refractivity contribution in [2.45, 2.75) is 13.2 Å². The van der Waals surface area contributed by atoms with Crippen molar-refractivity contribution in [3.05, 3.63) is 88.1 Å². The smallest absolute Gasteiger partial charge is 0.123 e. The number of rotatable bonds is 5. The topological polar surface area (TPSA) is 29.5 Å². The number of hydrogen-bond acceptors (Lipinski definition) is 2. The first kappa shape index (κ1) is 16.7. The Bertz CT molecular complexity index is 849. The van der Waals surface area contributed by atoms with E-state index in [-0.39, 0.29) is 12.4 Å². The van der Waals surface area contributed by atoms with Crippen LogP contribution in [0.5, 0.6) is 5.75 Å². The minimum atomic E-state index is -0.262. The summed E-state index contributed by atoms with van der Waals surface area (Å²) in [5.41, 5.74) is 3.50. The third kappa shape index (κ3) is 3.83. The molecule has 0 saturated heterocycles. The van der Waals surface area contributed by atoms with Crippen LogP contribution in [0.25, 0.3) is 11.1 Å². The highest BCUT2D eigenvalue weighted by atomic mass is 79.9. The monoisotopic (exact) mass is 386 g/mol. The molecule has 1 N–H and O–H groups in total. The van der Waals surface area contributed by atoms with Gasteiger partial charge < -0.3 is 9.84 Å². The van der Waals surface area contributed by atoms with E-state index < -0.39 is 0 Å². The molecule has 0 unspecified atom stereocenters. The average Bonchev–Trinajstić information content (AvgIpc) is 2.61. The van der Waals surface area contributed by atoms with Gasteiger partial charge in [0.1, 0.15) is 18.2 Å². The lowest BCUT2D eigenvalue weighted by atomic mass is 10.0. The summed E-state index contributed by atoms with van der Waals surface area (Å²) < 4.78 is 20.2. The van der Waals surface area contributed by atoms with Gasteiger partial charge in [-0.2, -0.15) is 0 Å². The third-order valence-corrected chi connectivity index (χ3v) is 4.63. The largest absolute Gasteiger partial charge is 0.489 e. The number of aliphatic hydroxyl groups excluding tert-OH is 1. The molecule has 0 saturated carbocycles. The fourth-order valence-electron chi connectivity index (χ4n) is 2.46. The van der Waals surface area contributed by atoms with Crippen molar-refractivity contribution < 1.29 is 14.2 Å². The molecule has 0 amide bonds. The van der Waals surface area contributed by atoms with Crippen molar-refractivity contribution in [2.75, 3.05) is 0 Å². The highest BCUT2D eigenvalue weighted by Gasteiger charge is 2.09. The van der Waals surface area contributed by atoms with Crippen molar-refractivity contribution in [3.63, 3.8) is 0 Å². The summed E-state index contributed by atoms with van der Waals surface area (Å²) in [7, 11) is 0. The van der Waals surface area contributed by atoms with Gasteiger partial charge in [-0.1, -0.05) is 42.5 Å². The maximum Gasteiger partial charge on any atom is 0.123 e. The first-order valence-electron chi connectivity index (χ1n) is 7.53. The Morgan fingerprint density at radius 2 is 1.75 bits per heavy atom. The molecular formula is C20H16BrFO2. The Hall–Kier alpha value is -2.17. The highest BCUT2D eigenvalue weighted by Crippen LogP contribution is 2.32. The zero-order valence-corrected chi connectivity index (χ0v) is 14.5. The fraction of sp³-hybridized carbons (Fsp3) is 0.100. The quantitative estimate of drug-likeness (QED) is 0.642. The molecular weight excluding hydrogens is 371 g/mol. The molecule has 4 heteroatoms. The van der Waals surface area contributed by atoms with Gasteiger partial charge in [0, 0.05) is 10.0 Å². The second-order valence-electron chi connectivity index (χ2n) is 5.38. The predicted octanol–water partition coefficient (Wildman–Crippen LogP) is 5.33. The normalized spacial score (nSPS) is 10.6. The Kier molecular flexibility index (Phi) is 5.28. The number of benzene rings is 3. The molecule has 0 aromatic heterocycles. The summed E-state index contributed by atoms with van der Waals surface area (Å²) in [5, 5.41) is 9.18. The SMILES string of the molecule is OCc1cccc(OCc2cccc(-c3cccc(F)c3)c2Br)c1. The Morgan fingerprint density at radius 1 is 0.958 bits per heavy atom. The summed E-state index contributed by atoms with van der Waals surface area (Å²) in [4.78, 5) is 0. The molecule has 122 valence electrons. The lowest BCUT2D eigenvalue weighted by molar-refractivity contribution is 0.278. The molecule has 3 aromatic carbocycles. The highest BCUT2D eigenvalue weighted by molar-refractivity contribution is 9.10. The van der Waals surface area contributed by atoms with E-state index in [2.05, 4.69) is 15.9 Å². The maximum atomic E-state index is 13.5. The fourth-order valence-corrected chi connectivity index (χ4v) is 3.07. The summed E-state index contributed by atoms with van der Waals surface area (Å²) in [5.74, 6) is 0.437. The Labute approximate surface area is 148 Å². The zero-order valence-electron chi connectivity index (χ0n) is 12.9. The van der Waals surface area contributed by atoms with Crippen LogP contribution in [0.3, 0.4) is 0 Å². The first-order valence-corrected chi connectivity index (χ1v) is 8.32. The van der Waals surface area contributed by atoms with Crippen LogP contribution in [0.1, 0.15) is 11.1 Å². The van der Waals surface area contributed by atoms with Crippen molar-refractivity contribution in [3.8, 4) is 16.9 Å². The van der Waals surface area contributed by atoms with E-state index in [1.165, 1.54) is 12.1 Å². The minimum Gasteiger partial charge on any atom is -0.489 e. The molecule has 0 bridgehead atoms. The van der Waals surface area contributed by atoms with Crippen molar-refractivity contribution in [1.82, 2.24) is 0 Å². The summed E-state index contributed by atoms with van der Waals surface area (Å²) in [6, 6.07) is 19.7. The van der Waals surface area contributed by atoms with Crippen LogP contribution in [0.15, 0.2) is 71.2 Å². The molecule has 0 aliphatic rings. The molecule has 0 aliphatic carbocycles. The van der Waals surface area contributed by atoms with Gasteiger partial charge in [0.2, 0.25) is 0 Å². The van der Waals surface area contributed by atoms with E-state index in [4.69, 9.17) is 4.74 Å². The average molecular weight is 387 g/mol. The number of halogens is 2. The second-order valence-corrected chi connectivity index (χ2v) is 6.18. The molecule has 3 rings (SSSR count). The van der Waals surface area contributed by atoms with Gasteiger partial charge >= 0.3 is 0 Å². The van der Waals surface area contributed by atoms with Gasteiger partial charge in [-0.15, -0.1) is 0 Å². The van der Waals surface area contributed by atoms with Gasteiger partial charge in [-0.05, 0) is 56.9 Å². The van der Waals surface area contributed by atoms with Crippen molar-refractivity contribution >= 4 is 15.9 Å². The lowest BCUT2D eigenvalue weighted by Gasteiger charge is -2.12. The van der Waals surface area contributed by atoms with Crippen LogP contribution in [-0.2, 0) is 13.2 Å². The van der Waals surface area contributed by atoms with Crippen LogP contribution >= 0.6 is 15.9 Å². The van der Waals surface area contributed by atoms with Crippen LogP contribution in [0, 0.1) is 5.82 Å². The zero-order chi connectivity index (χ0) is 16.9. The van der Waals surface area contributed by atoms with Gasteiger partial charge in [-0.25, -0.2) is 4.39 Å². The van der Waals surface area contributed by atoms with Crippen LogP contribution in [-0.4, -0.2) is 5.11 Å². The van der Waals surface area contributed by atoms with E-state index in [9.17, 15) is 9.50 Å². The van der Waals surface area contributed by atoms with E-state index in [1.807, 2.05) is 48.5 Å². The molecule has 0 aliphatic heterocycles. The summed E-state index contributed by atoms with van der Waals surface area (Å²) in [6.45, 7) is 0.356. The third-order valence-electron chi connectivity index (χ3n) is 3.69. The molecule has 24 heavy (non-hydrogen) atoms. The van der Waals surface area contributed by atoms with Gasteiger partial charge in [0.25, 0.3) is 0 Å². The molecule has 0 fully saturated rings. The van der Waals surface area contributed by atoms with Crippen LogP contribution < -0.4 is 4.74 Å². The van der Waals surface area contributed by atoms with Crippen LogP contribution in [0.2, 0.25) is 0 Å². The molecule has 0 radical (unpaired) electrons. The van der Waals surface area contributed by atoms with Gasteiger partial charge in [-0.3, -0.25) is 0 Å². The number of aliphatic hydroxyl groups is 1. The molecule has 0 atom stereocenters. The minimum absolute atomic E-state index is 0.0179. The number of ether oxygens (including phenoxy) is 1. The second kappa shape index (κ2) is 7.60. The predicted molar refractivity (Wildman–Crippen MR) is 96.2 cm³/mol. The van der Waals surface area contributed by atoms with E-state index in [0.29, 0.717) is 12.4 Å². The van der Waals surface area contributed by atoms with Crippen LogP contribution in [0.4, 0.5) is 4.39 Å². The summed E-state index contributed by atoms with van der Waals surface area (Å²) in [6.07, 6.45) is 0.